The quantitative estimate of drug-likeness (QED) is 0.816. The molecule has 0 spiro atoms. The maximum atomic E-state index is 11.9. The number of anilines is 1. The summed E-state index contributed by atoms with van der Waals surface area (Å²) < 4.78 is 0. The summed E-state index contributed by atoms with van der Waals surface area (Å²) in [5.74, 6) is -0.182. The van der Waals surface area contributed by atoms with Crippen LogP contribution in [0.3, 0.4) is 0 Å². The van der Waals surface area contributed by atoms with E-state index in [1.807, 2.05) is 60.7 Å². The molecule has 0 aliphatic carbocycles. The normalized spacial score (nSPS) is 18.1. The molecule has 0 fully saturated rings. The Balaban J connectivity index is 2.21. The van der Waals surface area contributed by atoms with Gasteiger partial charge in [0.1, 0.15) is 6.04 Å². The molecule has 1 atom stereocenters. The van der Waals surface area contributed by atoms with Gasteiger partial charge in [-0.2, -0.15) is 0 Å². The maximum absolute atomic E-state index is 11.9. The number of benzene rings is 2. The van der Waals surface area contributed by atoms with Crippen LogP contribution in [0.2, 0.25) is 0 Å². The predicted molar refractivity (Wildman–Crippen MR) is 76.6 cm³/mol. The minimum atomic E-state index is -0.636. The molecule has 3 nitrogen and oxygen atoms in total. The molecule has 0 radical (unpaired) electrons. The fourth-order valence-electron chi connectivity index (χ4n) is 2.26. The lowest BCUT2D eigenvalue weighted by Crippen LogP contribution is -2.32. The molecule has 2 aromatic carbocycles. The lowest BCUT2D eigenvalue weighted by molar-refractivity contribution is -0.116. The highest BCUT2D eigenvalue weighted by molar-refractivity contribution is 6.03. The highest BCUT2D eigenvalue weighted by atomic mass is 16.2. The monoisotopic (exact) mass is 250 g/mol. The second-order valence-electron chi connectivity index (χ2n) is 4.51. The fourth-order valence-corrected chi connectivity index (χ4v) is 2.26. The standard InChI is InChI=1S/C16H14N2O/c17-14-10-13(11-6-2-1-3-7-11)12-8-4-5-9-15(12)18-16(14)19/h1-10,14H,17H2,(H,18,19). The van der Waals surface area contributed by atoms with Crippen molar-refractivity contribution in [3.05, 3.63) is 71.8 Å². The van der Waals surface area contributed by atoms with Crippen LogP contribution in [0, 0.1) is 0 Å². The molecular formula is C16H14N2O. The summed E-state index contributed by atoms with van der Waals surface area (Å²) in [4.78, 5) is 11.9. The van der Waals surface area contributed by atoms with Crippen molar-refractivity contribution in [3.8, 4) is 0 Å². The third kappa shape index (κ3) is 2.16. The molecule has 1 aliphatic heterocycles. The van der Waals surface area contributed by atoms with Gasteiger partial charge in [-0.05, 0) is 23.3 Å². The minimum Gasteiger partial charge on any atom is -0.324 e. The van der Waals surface area contributed by atoms with E-state index in [1.54, 1.807) is 0 Å². The summed E-state index contributed by atoms with van der Waals surface area (Å²) >= 11 is 0. The van der Waals surface area contributed by atoms with Crippen LogP contribution in [-0.4, -0.2) is 11.9 Å². The van der Waals surface area contributed by atoms with Gasteiger partial charge in [0.15, 0.2) is 0 Å². The van der Waals surface area contributed by atoms with Crippen molar-refractivity contribution in [3.63, 3.8) is 0 Å². The molecular weight excluding hydrogens is 236 g/mol. The Labute approximate surface area is 111 Å². The molecule has 19 heavy (non-hydrogen) atoms. The van der Waals surface area contributed by atoms with Crippen LogP contribution >= 0.6 is 0 Å². The van der Waals surface area contributed by atoms with Crippen molar-refractivity contribution in [1.82, 2.24) is 0 Å². The molecule has 3 N–H and O–H groups in total. The molecule has 1 amide bonds. The van der Waals surface area contributed by atoms with Crippen molar-refractivity contribution in [1.29, 1.82) is 0 Å². The van der Waals surface area contributed by atoms with Crippen LogP contribution in [0.4, 0.5) is 5.69 Å². The number of hydrogen-bond donors (Lipinski definition) is 2. The van der Waals surface area contributed by atoms with Crippen LogP contribution in [0.25, 0.3) is 5.57 Å². The molecule has 3 heteroatoms. The summed E-state index contributed by atoms with van der Waals surface area (Å²) in [6.07, 6.45) is 1.82. The van der Waals surface area contributed by atoms with Crippen molar-refractivity contribution in [2.24, 2.45) is 5.73 Å². The average molecular weight is 250 g/mol. The maximum Gasteiger partial charge on any atom is 0.245 e. The minimum absolute atomic E-state index is 0.182. The number of hydrogen-bond acceptors (Lipinski definition) is 2. The van der Waals surface area contributed by atoms with Gasteiger partial charge in [0.05, 0.1) is 0 Å². The first-order chi connectivity index (χ1) is 9.25. The van der Waals surface area contributed by atoms with Crippen LogP contribution in [0.1, 0.15) is 11.1 Å². The van der Waals surface area contributed by atoms with Gasteiger partial charge in [-0.25, -0.2) is 0 Å². The van der Waals surface area contributed by atoms with Crippen molar-refractivity contribution >= 4 is 17.2 Å². The first-order valence-corrected chi connectivity index (χ1v) is 6.19. The molecule has 2 aromatic rings. The lowest BCUT2D eigenvalue weighted by atomic mass is 9.96. The Kier molecular flexibility index (Phi) is 2.89. The van der Waals surface area contributed by atoms with Gasteiger partial charge < -0.3 is 11.1 Å². The number of para-hydroxylation sites is 1. The first-order valence-electron chi connectivity index (χ1n) is 6.19. The second kappa shape index (κ2) is 4.71. The topological polar surface area (TPSA) is 55.1 Å². The third-order valence-corrected chi connectivity index (χ3v) is 3.21. The number of amides is 1. The van der Waals surface area contributed by atoms with Crippen molar-refractivity contribution in [2.75, 3.05) is 5.32 Å². The molecule has 0 aromatic heterocycles. The van der Waals surface area contributed by atoms with Crippen LogP contribution in [-0.2, 0) is 4.79 Å². The second-order valence-corrected chi connectivity index (χ2v) is 4.51. The Morgan fingerprint density at radius 2 is 1.63 bits per heavy atom. The van der Waals surface area contributed by atoms with Gasteiger partial charge in [-0.1, -0.05) is 48.5 Å². The molecule has 1 aliphatic rings. The van der Waals surface area contributed by atoms with Crippen molar-refractivity contribution in [2.45, 2.75) is 6.04 Å². The van der Waals surface area contributed by atoms with Gasteiger partial charge >= 0.3 is 0 Å². The zero-order valence-electron chi connectivity index (χ0n) is 10.3. The molecule has 0 saturated carbocycles. The van der Waals surface area contributed by atoms with Crippen LogP contribution in [0.5, 0.6) is 0 Å². The van der Waals surface area contributed by atoms with E-state index in [2.05, 4.69) is 5.32 Å². The van der Waals surface area contributed by atoms with E-state index in [1.165, 1.54) is 0 Å². The number of nitrogens with one attached hydrogen (secondary N) is 1. The van der Waals surface area contributed by atoms with E-state index in [4.69, 9.17) is 5.73 Å². The Morgan fingerprint density at radius 3 is 2.42 bits per heavy atom. The highest BCUT2D eigenvalue weighted by Crippen LogP contribution is 2.31. The van der Waals surface area contributed by atoms with Gasteiger partial charge in [-0.15, -0.1) is 0 Å². The molecule has 3 rings (SSSR count). The largest absolute Gasteiger partial charge is 0.324 e. The summed E-state index contributed by atoms with van der Waals surface area (Å²) in [6, 6.07) is 17.1. The summed E-state index contributed by atoms with van der Waals surface area (Å²) in [5, 5.41) is 2.86. The fraction of sp³-hybridized carbons (Fsp3) is 0.0625. The van der Waals surface area contributed by atoms with E-state index in [9.17, 15) is 4.79 Å². The Hall–Kier alpha value is -2.39. The van der Waals surface area contributed by atoms with E-state index in [0.29, 0.717) is 0 Å². The van der Waals surface area contributed by atoms with Gasteiger partial charge in [0, 0.05) is 11.3 Å². The zero-order valence-corrected chi connectivity index (χ0v) is 10.3. The summed E-state index contributed by atoms with van der Waals surface area (Å²) in [6.45, 7) is 0. The molecule has 1 unspecified atom stereocenters. The molecule has 94 valence electrons. The van der Waals surface area contributed by atoms with Gasteiger partial charge in [0.2, 0.25) is 5.91 Å². The number of carbonyl (C=O) groups excluding carboxylic acids is 1. The summed E-state index contributed by atoms with van der Waals surface area (Å²) in [5.41, 5.74) is 9.74. The van der Waals surface area contributed by atoms with E-state index >= 15 is 0 Å². The lowest BCUT2D eigenvalue weighted by Gasteiger charge is -2.10. The average Bonchev–Trinajstić information content (AvgIpc) is 2.58. The molecule has 0 bridgehead atoms. The first kappa shape index (κ1) is 11.7. The Bertz CT molecular complexity index is 647. The van der Waals surface area contributed by atoms with Gasteiger partial charge in [-0.3, -0.25) is 4.79 Å². The smallest absolute Gasteiger partial charge is 0.245 e. The zero-order chi connectivity index (χ0) is 13.2. The number of carbonyl (C=O) groups is 1. The number of nitrogens with two attached hydrogens (primary N) is 1. The number of fused-ring (bicyclic) bond motifs is 1. The third-order valence-electron chi connectivity index (χ3n) is 3.21. The predicted octanol–water partition coefficient (Wildman–Crippen LogP) is 2.40. The molecule has 1 heterocycles. The van der Waals surface area contributed by atoms with E-state index < -0.39 is 6.04 Å². The molecule has 0 saturated heterocycles. The van der Waals surface area contributed by atoms with Crippen molar-refractivity contribution < 1.29 is 4.79 Å². The van der Waals surface area contributed by atoms with Gasteiger partial charge in [0.25, 0.3) is 0 Å². The van der Waals surface area contributed by atoms with Crippen LogP contribution < -0.4 is 11.1 Å². The van der Waals surface area contributed by atoms with E-state index in [0.717, 1.165) is 22.4 Å². The SMILES string of the molecule is NC1C=C(c2ccccc2)c2ccccc2NC1=O. The Morgan fingerprint density at radius 1 is 0.947 bits per heavy atom. The van der Waals surface area contributed by atoms with E-state index in [-0.39, 0.29) is 5.91 Å². The number of rotatable bonds is 1. The summed E-state index contributed by atoms with van der Waals surface area (Å²) in [7, 11) is 0. The van der Waals surface area contributed by atoms with Crippen LogP contribution in [0.15, 0.2) is 60.7 Å². The highest BCUT2D eigenvalue weighted by Gasteiger charge is 2.20.